The fourth-order valence-corrected chi connectivity index (χ4v) is 1.67. The summed E-state index contributed by atoms with van der Waals surface area (Å²) in [6.45, 7) is 5.25. The van der Waals surface area contributed by atoms with Gasteiger partial charge in [0.05, 0.1) is 10.7 Å². The molecule has 0 saturated carbocycles. The van der Waals surface area contributed by atoms with Crippen molar-refractivity contribution in [2.45, 2.75) is 26.8 Å². The molecule has 1 aromatic carbocycles. The maximum atomic E-state index is 11.8. The van der Waals surface area contributed by atoms with E-state index in [1.165, 1.54) is 0 Å². The molecule has 1 rings (SSSR count). The number of benzene rings is 1. The van der Waals surface area contributed by atoms with Crippen molar-refractivity contribution in [2.75, 3.05) is 11.9 Å². The number of hydrogen-bond acceptors (Lipinski definition) is 3. The van der Waals surface area contributed by atoms with E-state index in [9.17, 15) is 9.59 Å². The molecule has 110 valence electrons. The predicted octanol–water partition coefficient (Wildman–Crippen LogP) is 1.72. The SMILES string of the molecule is Cc1cccc(NC(=O)C(=O)NC(C)C(C)CO)c1Cl. The van der Waals surface area contributed by atoms with Gasteiger partial charge < -0.3 is 15.7 Å². The van der Waals surface area contributed by atoms with Crippen LogP contribution in [-0.4, -0.2) is 29.6 Å². The van der Waals surface area contributed by atoms with Crippen LogP contribution in [0, 0.1) is 12.8 Å². The van der Waals surface area contributed by atoms with Crippen LogP contribution in [0.3, 0.4) is 0 Å². The summed E-state index contributed by atoms with van der Waals surface area (Å²) in [5, 5.41) is 14.4. The number of amides is 2. The average molecular weight is 299 g/mol. The van der Waals surface area contributed by atoms with Crippen molar-refractivity contribution >= 4 is 29.1 Å². The number of rotatable bonds is 4. The quantitative estimate of drug-likeness (QED) is 0.741. The lowest BCUT2D eigenvalue weighted by molar-refractivity contribution is -0.136. The molecule has 20 heavy (non-hydrogen) atoms. The molecule has 6 heteroatoms. The lowest BCUT2D eigenvalue weighted by Crippen LogP contribution is -2.44. The molecule has 0 aliphatic rings. The standard InChI is InChI=1S/C14H19ClN2O3/c1-8-5-4-6-11(12(8)15)17-14(20)13(19)16-10(3)9(2)7-18/h4-6,9-10,18H,7H2,1-3H3,(H,16,19)(H,17,20). The van der Waals surface area contributed by atoms with Crippen LogP contribution in [0.5, 0.6) is 0 Å². The molecule has 0 bridgehead atoms. The van der Waals surface area contributed by atoms with Crippen molar-refractivity contribution in [3.63, 3.8) is 0 Å². The summed E-state index contributed by atoms with van der Waals surface area (Å²) in [6, 6.07) is 4.88. The normalized spacial score (nSPS) is 13.4. The number of aliphatic hydroxyl groups excluding tert-OH is 1. The first-order valence-electron chi connectivity index (χ1n) is 6.34. The van der Waals surface area contributed by atoms with Crippen LogP contribution in [0.1, 0.15) is 19.4 Å². The highest BCUT2D eigenvalue weighted by molar-refractivity contribution is 6.41. The molecule has 3 N–H and O–H groups in total. The van der Waals surface area contributed by atoms with Crippen molar-refractivity contribution in [3.05, 3.63) is 28.8 Å². The first-order chi connectivity index (χ1) is 9.36. The van der Waals surface area contributed by atoms with Gasteiger partial charge in [0, 0.05) is 12.6 Å². The van der Waals surface area contributed by atoms with Gasteiger partial charge in [-0.3, -0.25) is 9.59 Å². The molecule has 2 unspecified atom stereocenters. The average Bonchev–Trinajstić information content (AvgIpc) is 2.42. The van der Waals surface area contributed by atoms with Crippen LogP contribution in [0.15, 0.2) is 18.2 Å². The Balaban J connectivity index is 2.67. The van der Waals surface area contributed by atoms with Crippen LogP contribution in [0.2, 0.25) is 5.02 Å². The van der Waals surface area contributed by atoms with Gasteiger partial charge in [0.25, 0.3) is 0 Å². The number of hydrogen-bond donors (Lipinski definition) is 3. The van der Waals surface area contributed by atoms with Gasteiger partial charge in [-0.1, -0.05) is 30.7 Å². The van der Waals surface area contributed by atoms with Crippen LogP contribution < -0.4 is 10.6 Å². The summed E-state index contributed by atoms with van der Waals surface area (Å²) in [5.41, 5.74) is 1.21. The summed E-state index contributed by atoms with van der Waals surface area (Å²) >= 11 is 6.04. The zero-order valence-electron chi connectivity index (χ0n) is 11.7. The molecule has 0 aliphatic carbocycles. The monoisotopic (exact) mass is 298 g/mol. The second-order valence-electron chi connectivity index (χ2n) is 4.81. The van der Waals surface area contributed by atoms with Gasteiger partial charge >= 0.3 is 11.8 Å². The zero-order chi connectivity index (χ0) is 15.3. The Morgan fingerprint density at radius 3 is 2.55 bits per heavy atom. The fraction of sp³-hybridized carbons (Fsp3) is 0.429. The van der Waals surface area contributed by atoms with E-state index in [0.29, 0.717) is 10.7 Å². The van der Waals surface area contributed by atoms with Crippen LogP contribution in [0.4, 0.5) is 5.69 Å². The Morgan fingerprint density at radius 2 is 1.95 bits per heavy atom. The molecule has 1 aromatic rings. The molecular weight excluding hydrogens is 280 g/mol. The summed E-state index contributed by atoms with van der Waals surface area (Å²) in [7, 11) is 0. The molecule has 0 aromatic heterocycles. The highest BCUT2D eigenvalue weighted by Gasteiger charge is 2.20. The topological polar surface area (TPSA) is 78.4 Å². The second-order valence-corrected chi connectivity index (χ2v) is 5.19. The Labute approximate surface area is 123 Å². The third kappa shape index (κ3) is 4.21. The number of aliphatic hydroxyl groups is 1. The van der Waals surface area contributed by atoms with Crippen molar-refractivity contribution in [1.29, 1.82) is 0 Å². The Kier molecular flexibility index (Phi) is 5.98. The van der Waals surface area contributed by atoms with E-state index in [1.807, 2.05) is 13.0 Å². The third-order valence-electron chi connectivity index (χ3n) is 3.15. The van der Waals surface area contributed by atoms with Gasteiger partial charge in [-0.2, -0.15) is 0 Å². The Bertz CT molecular complexity index is 505. The van der Waals surface area contributed by atoms with E-state index in [1.54, 1.807) is 26.0 Å². The minimum absolute atomic E-state index is 0.0627. The second kappa shape index (κ2) is 7.26. The minimum atomic E-state index is -0.783. The van der Waals surface area contributed by atoms with Gasteiger partial charge in [-0.05, 0) is 31.4 Å². The van der Waals surface area contributed by atoms with Gasteiger partial charge in [0.2, 0.25) is 0 Å². The number of carbonyl (C=O) groups is 2. The van der Waals surface area contributed by atoms with Gasteiger partial charge in [0.15, 0.2) is 0 Å². The number of halogens is 1. The first-order valence-corrected chi connectivity index (χ1v) is 6.72. The Morgan fingerprint density at radius 1 is 1.30 bits per heavy atom. The molecule has 0 fully saturated rings. The van der Waals surface area contributed by atoms with E-state index in [2.05, 4.69) is 10.6 Å². The largest absolute Gasteiger partial charge is 0.396 e. The van der Waals surface area contributed by atoms with E-state index in [4.69, 9.17) is 16.7 Å². The van der Waals surface area contributed by atoms with E-state index < -0.39 is 11.8 Å². The van der Waals surface area contributed by atoms with E-state index in [0.717, 1.165) is 5.56 Å². The summed E-state index contributed by atoms with van der Waals surface area (Å²) in [6.07, 6.45) is 0. The van der Waals surface area contributed by atoms with Crippen LogP contribution >= 0.6 is 11.6 Å². The summed E-state index contributed by atoms with van der Waals surface area (Å²) in [5.74, 6) is -1.67. The molecule has 0 heterocycles. The predicted molar refractivity (Wildman–Crippen MR) is 78.7 cm³/mol. The molecule has 0 saturated heterocycles. The lowest BCUT2D eigenvalue weighted by Gasteiger charge is -2.19. The van der Waals surface area contributed by atoms with Gasteiger partial charge in [-0.15, -0.1) is 0 Å². The smallest absolute Gasteiger partial charge is 0.313 e. The maximum absolute atomic E-state index is 11.8. The minimum Gasteiger partial charge on any atom is -0.396 e. The van der Waals surface area contributed by atoms with E-state index in [-0.39, 0.29) is 18.6 Å². The molecule has 0 spiro atoms. The van der Waals surface area contributed by atoms with Crippen LogP contribution in [0.25, 0.3) is 0 Å². The molecule has 5 nitrogen and oxygen atoms in total. The van der Waals surface area contributed by atoms with Crippen molar-refractivity contribution < 1.29 is 14.7 Å². The highest BCUT2D eigenvalue weighted by Crippen LogP contribution is 2.24. The summed E-state index contributed by atoms with van der Waals surface area (Å²) in [4.78, 5) is 23.5. The fourth-order valence-electron chi connectivity index (χ4n) is 1.50. The summed E-state index contributed by atoms with van der Waals surface area (Å²) < 4.78 is 0. The molecule has 0 aliphatic heterocycles. The number of nitrogens with one attached hydrogen (secondary N) is 2. The maximum Gasteiger partial charge on any atom is 0.313 e. The van der Waals surface area contributed by atoms with Gasteiger partial charge in [0.1, 0.15) is 0 Å². The molecule has 2 amide bonds. The highest BCUT2D eigenvalue weighted by atomic mass is 35.5. The van der Waals surface area contributed by atoms with Crippen molar-refractivity contribution in [2.24, 2.45) is 5.92 Å². The van der Waals surface area contributed by atoms with Crippen LogP contribution in [-0.2, 0) is 9.59 Å². The third-order valence-corrected chi connectivity index (χ3v) is 3.65. The van der Waals surface area contributed by atoms with Gasteiger partial charge in [-0.25, -0.2) is 0 Å². The zero-order valence-corrected chi connectivity index (χ0v) is 12.5. The van der Waals surface area contributed by atoms with E-state index >= 15 is 0 Å². The number of anilines is 1. The van der Waals surface area contributed by atoms with Crippen molar-refractivity contribution in [3.8, 4) is 0 Å². The molecular formula is C14H19ClN2O3. The number of carbonyl (C=O) groups excluding carboxylic acids is 2. The Hall–Kier alpha value is -1.59. The first kappa shape index (κ1) is 16.5. The van der Waals surface area contributed by atoms with Crippen molar-refractivity contribution in [1.82, 2.24) is 5.32 Å². The molecule has 2 atom stereocenters. The lowest BCUT2D eigenvalue weighted by atomic mass is 10.1. The number of aryl methyl sites for hydroxylation is 1. The molecule has 0 radical (unpaired) electrons.